The van der Waals surface area contributed by atoms with Crippen LogP contribution in [0, 0.1) is 0 Å². The van der Waals surface area contributed by atoms with Gasteiger partial charge in [-0.25, -0.2) is 4.98 Å². The molecule has 20 heavy (non-hydrogen) atoms. The van der Waals surface area contributed by atoms with E-state index in [9.17, 15) is 0 Å². The lowest BCUT2D eigenvalue weighted by Gasteiger charge is -2.11. The van der Waals surface area contributed by atoms with E-state index in [0.29, 0.717) is 22.7 Å². The highest BCUT2D eigenvalue weighted by Crippen LogP contribution is 2.31. The van der Waals surface area contributed by atoms with Gasteiger partial charge in [0.2, 0.25) is 5.28 Å². The van der Waals surface area contributed by atoms with Crippen molar-refractivity contribution in [1.29, 1.82) is 0 Å². The first-order chi connectivity index (χ1) is 9.67. The maximum absolute atomic E-state index is 5.90. The minimum Gasteiger partial charge on any atom is -0.495 e. The van der Waals surface area contributed by atoms with Gasteiger partial charge in [-0.2, -0.15) is 9.97 Å². The number of fused-ring (bicyclic) bond motifs is 1. The molecule has 0 aliphatic carbocycles. The number of aromatic amines is 1. The quantitative estimate of drug-likeness (QED) is 0.704. The lowest BCUT2D eigenvalue weighted by atomic mass is 10.3. The average molecular weight is 355 g/mol. The number of nitrogens with zero attached hydrogens (tertiary/aromatic N) is 3. The molecule has 1 aromatic carbocycles. The van der Waals surface area contributed by atoms with Crippen LogP contribution in [0.25, 0.3) is 11.2 Å². The predicted octanol–water partition coefficient (Wildman–Crippen LogP) is 3.52. The molecule has 2 aromatic heterocycles. The van der Waals surface area contributed by atoms with Crippen LogP contribution in [-0.2, 0) is 0 Å². The molecule has 0 saturated heterocycles. The highest BCUT2D eigenvalue weighted by atomic mass is 79.9. The van der Waals surface area contributed by atoms with E-state index in [2.05, 4.69) is 41.2 Å². The predicted molar refractivity (Wildman–Crippen MR) is 80.7 cm³/mol. The van der Waals surface area contributed by atoms with Gasteiger partial charge in [0.25, 0.3) is 0 Å². The fraction of sp³-hybridized carbons (Fsp3) is 0.0833. The molecule has 0 radical (unpaired) electrons. The van der Waals surface area contributed by atoms with Crippen LogP contribution >= 0.6 is 27.5 Å². The first-order valence-electron chi connectivity index (χ1n) is 5.64. The van der Waals surface area contributed by atoms with E-state index in [1.54, 1.807) is 13.4 Å². The number of H-pyrrole nitrogens is 1. The van der Waals surface area contributed by atoms with Crippen molar-refractivity contribution in [2.45, 2.75) is 0 Å². The van der Waals surface area contributed by atoms with Crippen LogP contribution in [0.3, 0.4) is 0 Å². The zero-order valence-electron chi connectivity index (χ0n) is 10.3. The number of ether oxygens (including phenoxy) is 1. The molecule has 0 atom stereocenters. The van der Waals surface area contributed by atoms with Crippen LogP contribution in [0.2, 0.25) is 5.28 Å². The standard InChI is InChI=1S/C12H9BrClN5O/c1-20-8-3-2-6(13)4-7(8)17-11-9-10(16-5-15-9)18-12(14)19-11/h2-5H,1H3,(H2,15,16,17,18,19). The van der Waals surface area contributed by atoms with Crippen molar-refractivity contribution in [1.82, 2.24) is 19.9 Å². The Bertz CT molecular complexity index is 776. The van der Waals surface area contributed by atoms with Crippen molar-refractivity contribution in [3.05, 3.63) is 34.3 Å². The summed E-state index contributed by atoms with van der Waals surface area (Å²) in [5.41, 5.74) is 1.94. The van der Waals surface area contributed by atoms with Crippen LogP contribution in [0.1, 0.15) is 0 Å². The van der Waals surface area contributed by atoms with Crippen molar-refractivity contribution in [3.8, 4) is 5.75 Å². The third-order valence-corrected chi connectivity index (χ3v) is 3.34. The Kier molecular flexibility index (Phi) is 3.45. The highest BCUT2D eigenvalue weighted by molar-refractivity contribution is 9.10. The Balaban J connectivity index is 2.09. The summed E-state index contributed by atoms with van der Waals surface area (Å²) in [6, 6.07) is 5.62. The first kappa shape index (κ1) is 13.1. The molecule has 2 N–H and O–H groups in total. The number of nitrogens with one attached hydrogen (secondary N) is 2. The van der Waals surface area contributed by atoms with Gasteiger partial charge >= 0.3 is 0 Å². The number of imidazole rings is 1. The van der Waals surface area contributed by atoms with Gasteiger partial charge in [0.05, 0.1) is 19.1 Å². The molecule has 0 amide bonds. The van der Waals surface area contributed by atoms with Gasteiger partial charge in [0.1, 0.15) is 11.3 Å². The summed E-state index contributed by atoms with van der Waals surface area (Å²) in [5.74, 6) is 1.23. The molecule has 0 unspecified atom stereocenters. The number of hydrogen-bond acceptors (Lipinski definition) is 5. The zero-order chi connectivity index (χ0) is 14.1. The van der Waals surface area contributed by atoms with E-state index in [4.69, 9.17) is 16.3 Å². The summed E-state index contributed by atoms with van der Waals surface area (Å²) in [6.45, 7) is 0. The maximum atomic E-state index is 5.90. The molecule has 0 saturated carbocycles. The molecule has 102 valence electrons. The molecule has 0 fully saturated rings. The maximum Gasteiger partial charge on any atom is 0.226 e. The Labute approximate surface area is 127 Å². The third-order valence-electron chi connectivity index (χ3n) is 2.67. The molecule has 0 bridgehead atoms. The van der Waals surface area contributed by atoms with E-state index in [1.165, 1.54) is 0 Å². The molecule has 6 nitrogen and oxygen atoms in total. The third kappa shape index (κ3) is 2.41. The largest absolute Gasteiger partial charge is 0.495 e. The molecular weight excluding hydrogens is 346 g/mol. The van der Waals surface area contributed by atoms with Crippen LogP contribution in [0.15, 0.2) is 29.0 Å². The van der Waals surface area contributed by atoms with Crippen molar-refractivity contribution < 1.29 is 4.74 Å². The molecule has 2 heterocycles. The van der Waals surface area contributed by atoms with E-state index < -0.39 is 0 Å². The topological polar surface area (TPSA) is 75.7 Å². The fourth-order valence-electron chi connectivity index (χ4n) is 1.80. The van der Waals surface area contributed by atoms with Crippen LogP contribution in [-0.4, -0.2) is 27.0 Å². The lowest BCUT2D eigenvalue weighted by Crippen LogP contribution is -1.99. The van der Waals surface area contributed by atoms with E-state index in [-0.39, 0.29) is 5.28 Å². The normalized spacial score (nSPS) is 10.8. The summed E-state index contributed by atoms with van der Waals surface area (Å²) in [7, 11) is 1.60. The molecule has 8 heteroatoms. The molecule has 0 aliphatic rings. The molecular formula is C12H9BrClN5O. The average Bonchev–Trinajstić information content (AvgIpc) is 2.87. The SMILES string of the molecule is COc1ccc(Br)cc1Nc1nc(Cl)nc2nc[nH]c12. The Morgan fingerprint density at radius 2 is 2.20 bits per heavy atom. The van der Waals surface area contributed by atoms with Crippen LogP contribution in [0.5, 0.6) is 5.75 Å². The first-order valence-corrected chi connectivity index (χ1v) is 6.81. The van der Waals surface area contributed by atoms with Crippen LogP contribution < -0.4 is 10.1 Å². The van der Waals surface area contributed by atoms with E-state index in [1.807, 2.05) is 18.2 Å². The number of rotatable bonds is 3. The summed E-state index contributed by atoms with van der Waals surface area (Å²) in [6.07, 6.45) is 1.54. The number of methoxy groups -OCH3 is 1. The van der Waals surface area contributed by atoms with Gasteiger partial charge in [-0.05, 0) is 29.8 Å². The Hall–Kier alpha value is -1.86. The summed E-state index contributed by atoms with van der Waals surface area (Å²) < 4.78 is 6.23. The molecule has 0 spiro atoms. The summed E-state index contributed by atoms with van der Waals surface area (Å²) in [5, 5.41) is 3.30. The number of anilines is 2. The summed E-state index contributed by atoms with van der Waals surface area (Å²) >= 11 is 9.32. The van der Waals surface area contributed by atoms with Gasteiger partial charge in [-0.15, -0.1) is 0 Å². The smallest absolute Gasteiger partial charge is 0.226 e. The minimum absolute atomic E-state index is 0.126. The number of aromatic nitrogens is 4. The summed E-state index contributed by atoms with van der Waals surface area (Å²) in [4.78, 5) is 15.3. The van der Waals surface area contributed by atoms with Crippen molar-refractivity contribution in [2.75, 3.05) is 12.4 Å². The second-order valence-corrected chi connectivity index (χ2v) is 5.17. The number of benzene rings is 1. The highest BCUT2D eigenvalue weighted by Gasteiger charge is 2.11. The van der Waals surface area contributed by atoms with Crippen LogP contribution in [0.4, 0.5) is 11.5 Å². The molecule has 3 rings (SSSR count). The van der Waals surface area contributed by atoms with Gasteiger partial charge in [0.15, 0.2) is 11.5 Å². The van der Waals surface area contributed by atoms with Crippen molar-refractivity contribution in [3.63, 3.8) is 0 Å². The van der Waals surface area contributed by atoms with Gasteiger partial charge in [-0.3, -0.25) is 0 Å². The van der Waals surface area contributed by atoms with Crippen molar-refractivity contribution >= 4 is 50.2 Å². The van der Waals surface area contributed by atoms with Gasteiger partial charge in [0, 0.05) is 4.47 Å². The molecule has 0 aliphatic heterocycles. The fourth-order valence-corrected chi connectivity index (χ4v) is 2.33. The monoisotopic (exact) mass is 353 g/mol. The second kappa shape index (κ2) is 5.26. The second-order valence-electron chi connectivity index (χ2n) is 3.91. The number of hydrogen-bond donors (Lipinski definition) is 2. The van der Waals surface area contributed by atoms with E-state index in [0.717, 1.165) is 10.2 Å². The van der Waals surface area contributed by atoms with E-state index >= 15 is 0 Å². The zero-order valence-corrected chi connectivity index (χ0v) is 12.7. The van der Waals surface area contributed by atoms with Gasteiger partial charge < -0.3 is 15.0 Å². The molecule has 3 aromatic rings. The Morgan fingerprint density at radius 1 is 1.35 bits per heavy atom. The number of halogens is 2. The van der Waals surface area contributed by atoms with Crippen molar-refractivity contribution in [2.24, 2.45) is 0 Å². The Morgan fingerprint density at radius 3 is 3.00 bits per heavy atom. The lowest BCUT2D eigenvalue weighted by molar-refractivity contribution is 0.416. The van der Waals surface area contributed by atoms with Gasteiger partial charge in [-0.1, -0.05) is 15.9 Å². The minimum atomic E-state index is 0.126.